The van der Waals surface area contributed by atoms with Crippen LogP contribution < -0.4 is 17.0 Å². The van der Waals surface area contributed by atoms with Crippen LogP contribution in [-0.4, -0.2) is 26.9 Å². The molecule has 6 heteroatoms. The monoisotopic (exact) mass is 470 g/mol. The first-order valence-electron chi connectivity index (χ1n) is 9.25. The van der Waals surface area contributed by atoms with E-state index in [0.717, 1.165) is 6.16 Å². The van der Waals surface area contributed by atoms with Gasteiger partial charge in [0, 0.05) is 17.9 Å². The Morgan fingerprint density at radius 2 is 1.24 bits per heavy atom. The second kappa shape index (κ2) is 12.7. The van der Waals surface area contributed by atoms with E-state index in [1.165, 1.54) is 62.6 Å². The molecule has 0 aliphatic rings. The summed E-state index contributed by atoms with van der Waals surface area (Å²) in [5.41, 5.74) is 1.27. The van der Waals surface area contributed by atoms with Crippen molar-refractivity contribution in [1.29, 1.82) is 0 Å². The molecule has 0 saturated carbocycles. The van der Waals surface area contributed by atoms with Gasteiger partial charge in [-0.05, 0) is 37.0 Å². The molecule has 1 aromatic rings. The predicted molar refractivity (Wildman–Crippen MR) is 109 cm³/mol. The van der Waals surface area contributed by atoms with Crippen molar-refractivity contribution in [1.82, 2.24) is 0 Å². The van der Waals surface area contributed by atoms with E-state index >= 15 is 0 Å². The summed E-state index contributed by atoms with van der Waals surface area (Å²) >= 11 is 0. The molecule has 0 aliphatic carbocycles. The topological polar surface area (TPSA) is 34.1 Å². The van der Waals surface area contributed by atoms with Crippen molar-refractivity contribution < 1.29 is 25.4 Å². The molecule has 0 aromatic heterocycles. The van der Waals surface area contributed by atoms with Crippen molar-refractivity contribution in [2.24, 2.45) is 0 Å². The Kier molecular flexibility index (Phi) is 12.9. The van der Waals surface area contributed by atoms with Crippen molar-refractivity contribution in [3.63, 3.8) is 0 Å². The van der Waals surface area contributed by atoms with Gasteiger partial charge in [-0.15, -0.1) is 0 Å². The summed E-state index contributed by atoms with van der Waals surface area (Å²) in [4.78, 5) is 0.201. The van der Waals surface area contributed by atoms with Crippen LogP contribution in [0.3, 0.4) is 0 Å². The van der Waals surface area contributed by atoms with Crippen LogP contribution in [0.2, 0.25) is 0 Å². The van der Waals surface area contributed by atoms with Gasteiger partial charge in [-0.25, -0.2) is 8.42 Å². The molecule has 0 aliphatic heterocycles. The van der Waals surface area contributed by atoms with Crippen LogP contribution in [0, 0.1) is 0 Å². The number of hydrogen-bond donors (Lipinski definition) is 0. The van der Waals surface area contributed by atoms with Crippen molar-refractivity contribution in [3.05, 3.63) is 29.8 Å². The molecule has 0 bridgehead atoms. The molecular weight excluding hydrogens is 439 g/mol. The smallest absolute Gasteiger partial charge is 0.261 e. The lowest BCUT2D eigenvalue weighted by molar-refractivity contribution is -0.00000755. The lowest BCUT2D eigenvalue weighted by Crippen LogP contribution is -3.00. The molecule has 0 heterocycles. The van der Waals surface area contributed by atoms with E-state index in [4.69, 9.17) is 10.7 Å². The molecule has 146 valence electrons. The predicted octanol–water partition coefficient (Wildman–Crippen LogP) is 3.54. The van der Waals surface area contributed by atoms with Crippen molar-refractivity contribution in [2.75, 3.05) is 18.5 Å². The van der Waals surface area contributed by atoms with Gasteiger partial charge in [0.2, 0.25) is 0 Å². The van der Waals surface area contributed by atoms with Crippen LogP contribution >= 0.6 is 17.9 Å². The van der Waals surface area contributed by atoms with Gasteiger partial charge < -0.3 is 17.0 Å². The summed E-state index contributed by atoms with van der Waals surface area (Å²) in [6.07, 6.45) is 13.0. The normalized spacial score (nSPS) is 12.0. The number of benzene rings is 1. The molecule has 0 atom stereocenters. The first kappa shape index (κ1) is 25.4. The molecule has 0 amide bonds. The molecular formula is C19H33BrClO2PS. The maximum absolute atomic E-state index is 11.4. The highest BCUT2D eigenvalue weighted by atomic mass is 79.9. The lowest BCUT2D eigenvalue weighted by atomic mass is 10.2. The second-order valence-electron chi connectivity index (χ2n) is 6.81. The SMILES string of the molecule is CCCC[P+](CCCC)(CCCC)Cc1ccc(S(=O)(=O)Cl)cc1.[Br-]. The summed E-state index contributed by atoms with van der Waals surface area (Å²) in [6.45, 7) is 6.82. The van der Waals surface area contributed by atoms with Gasteiger partial charge in [0.25, 0.3) is 9.05 Å². The fourth-order valence-corrected chi connectivity index (χ4v) is 9.06. The molecule has 0 spiro atoms. The van der Waals surface area contributed by atoms with E-state index in [1.54, 1.807) is 12.1 Å². The average Bonchev–Trinajstić information content (AvgIpc) is 2.56. The molecule has 2 nitrogen and oxygen atoms in total. The Morgan fingerprint density at radius 1 is 0.840 bits per heavy atom. The standard InChI is InChI=1S/C19H33ClO2PS.BrH/c1-4-7-14-23(15-8-5-2,16-9-6-3)17-18-10-12-19(13-11-18)24(20,21)22;/h10-13H,4-9,14-17H2,1-3H3;1H/q+1;/p-1. The van der Waals surface area contributed by atoms with Crippen LogP contribution in [0.25, 0.3) is 0 Å². The van der Waals surface area contributed by atoms with E-state index in [-0.39, 0.29) is 21.9 Å². The van der Waals surface area contributed by atoms with E-state index in [9.17, 15) is 8.42 Å². The minimum Gasteiger partial charge on any atom is -1.00 e. The van der Waals surface area contributed by atoms with E-state index < -0.39 is 16.3 Å². The summed E-state index contributed by atoms with van der Waals surface area (Å²) < 4.78 is 22.9. The molecule has 0 unspecified atom stereocenters. The number of hydrogen-bond acceptors (Lipinski definition) is 2. The number of rotatable bonds is 12. The molecule has 1 rings (SSSR count). The highest BCUT2D eigenvalue weighted by Crippen LogP contribution is 2.63. The third kappa shape index (κ3) is 9.22. The van der Waals surface area contributed by atoms with Crippen LogP contribution in [-0.2, 0) is 15.2 Å². The van der Waals surface area contributed by atoms with E-state index in [1.807, 2.05) is 12.1 Å². The fraction of sp³-hybridized carbons (Fsp3) is 0.684. The third-order valence-corrected chi connectivity index (χ3v) is 10.9. The zero-order chi connectivity index (χ0) is 18.1. The second-order valence-corrected chi connectivity index (χ2v) is 13.7. The number of unbranched alkanes of at least 4 members (excludes halogenated alkanes) is 3. The Morgan fingerprint density at radius 3 is 1.56 bits per heavy atom. The van der Waals surface area contributed by atoms with Gasteiger partial charge >= 0.3 is 0 Å². The summed E-state index contributed by atoms with van der Waals surface area (Å²) in [5, 5.41) is 0. The van der Waals surface area contributed by atoms with Crippen LogP contribution in [0.5, 0.6) is 0 Å². The molecule has 0 N–H and O–H groups in total. The number of halogens is 2. The fourth-order valence-electron chi connectivity index (χ4n) is 3.20. The zero-order valence-corrected chi connectivity index (χ0v) is 19.9. The maximum atomic E-state index is 11.4. The Bertz CT molecular complexity index is 554. The van der Waals surface area contributed by atoms with Crippen LogP contribution in [0.1, 0.15) is 64.9 Å². The summed E-state index contributed by atoms with van der Waals surface area (Å²) in [5.74, 6) is 0. The van der Waals surface area contributed by atoms with Gasteiger partial charge in [-0.1, -0.05) is 52.2 Å². The van der Waals surface area contributed by atoms with Gasteiger partial charge in [-0.3, -0.25) is 0 Å². The highest BCUT2D eigenvalue weighted by molar-refractivity contribution is 8.13. The van der Waals surface area contributed by atoms with Gasteiger partial charge in [0.1, 0.15) is 0 Å². The van der Waals surface area contributed by atoms with E-state index in [2.05, 4.69) is 20.8 Å². The van der Waals surface area contributed by atoms with Gasteiger partial charge in [-0.2, -0.15) is 0 Å². The quantitative estimate of drug-likeness (QED) is 0.345. The summed E-state index contributed by atoms with van der Waals surface area (Å²) in [7, 11) is 0.798. The lowest BCUT2D eigenvalue weighted by Gasteiger charge is -2.28. The average molecular weight is 472 g/mol. The highest BCUT2D eigenvalue weighted by Gasteiger charge is 2.35. The van der Waals surface area contributed by atoms with Crippen LogP contribution in [0.4, 0.5) is 0 Å². The Labute approximate surface area is 170 Å². The van der Waals surface area contributed by atoms with Crippen molar-refractivity contribution in [3.8, 4) is 0 Å². The van der Waals surface area contributed by atoms with Crippen LogP contribution in [0.15, 0.2) is 29.2 Å². The Balaban J connectivity index is 0.00000576. The Hall–Kier alpha value is 0.370. The third-order valence-electron chi connectivity index (χ3n) is 4.68. The van der Waals surface area contributed by atoms with E-state index in [0.29, 0.717) is 0 Å². The first-order chi connectivity index (χ1) is 11.4. The molecule has 0 fully saturated rings. The van der Waals surface area contributed by atoms with Crippen molar-refractivity contribution >= 4 is 27.0 Å². The maximum Gasteiger partial charge on any atom is 0.261 e. The van der Waals surface area contributed by atoms with Gasteiger partial charge in [0.15, 0.2) is 0 Å². The van der Waals surface area contributed by atoms with Gasteiger partial charge in [0.05, 0.1) is 29.5 Å². The molecule has 25 heavy (non-hydrogen) atoms. The molecule has 1 aromatic carbocycles. The zero-order valence-electron chi connectivity index (χ0n) is 15.8. The molecule has 0 radical (unpaired) electrons. The minimum absolute atomic E-state index is 0. The largest absolute Gasteiger partial charge is 1.00 e. The first-order valence-corrected chi connectivity index (χ1v) is 14.1. The minimum atomic E-state index is -3.62. The molecule has 0 saturated heterocycles. The van der Waals surface area contributed by atoms with Crippen molar-refractivity contribution in [2.45, 2.75) is 70.4 Å². The summed E-state index contributed by atoms with van der Waals surface area (Å²) in [6, 6.07) is 7.25.